The lowest BCUT2D eigenvalue weighted by Gasteiger charge is -2.09. The topological polar surface area (TPSA) is 87.6 Å². The SMILES string of the molecule is C/C(=N/NS(=O)(=O)c1ccc(Cl)cc1)c1cccc(NC(=O)c2ccc(Cl)cc2)c1. The first kappa shape index (κ1) is 21.8. The molecule has 0 saturated carbocycles. The van der Waals surface area contributed by atoms with Crippen LogP contribution in [0.1, 0.15) is 22.8 Å². The highest BCUT2D eigenvalue weighted by Crippen LogP contribution is 2.16. The maximum absolute atomic E-state index is 12.4. The van der Waals surface area contributed by atoms with Crippen LogP contribution in [-0.4, -0.2) is 20.0 Å². The predicted octanol–water partition coefficient (Wildman–Crippen LogP) is 4.95. The van der Waals surface area contributed by atoms with Gasteiger partial charge >= 0.3 is 0 Å². The van der Waals surface area contributed by atoms with Crippen molar-refractivity contribution in [3.8, 4) is 0 Å². The fraction of sp³-hybridized carbons (Fsp3) is 0.0476. The molecule has 0 atom stereocenters. The van der Waals surface area contributed by atoms with Crippen LogP contribution < -0.4 is 10.1 Å². The Bertz CT molecular complexity index is 1190. The molecule has 0 aliphatic carbocycles. The van der Waals surface area contributed by atoms with Crippen LogP contribution in [0.5, 0.6) is 0 Å². The molecular formula is C21H17Cl2N3O3S. The highest BCUT2D eigenvalue weighted by molar-refractivity contribution is 7.89. The van der Waals surface area contributed by atoms with Gasteiger partial charge in [0.05, 0.1) is 10.6 Å². The van der Waals surface area contributed by atoms with Gasteiger partial charge in [-0.1, -0.05) is 35.3 Å². The van der Waals surface area contributed by atoms with Crippen LogP contribution in [0.25, 0.3) is 0 Å². The van der Waals surface area contributed by atoms with Gasteiger partial charge in [-0.2, -0.15) is 18.4 Å². The van der Waals surface area contributed by atoms with E-state index in [1.54, 1.807) is 55.5 Å². The molecule has 0 saturated heterocycles. The van der Waals surface area contributed by atoms with E-state index in [9.17, 15) is 13.2 Å². The number of sulfonamides is 1. The highest BCUT2D eigenvalue weighted by Gasteiger charge is 2.13. The summed E-state index contributed by atoms with van der Waals surface area (Å²) >= 11 is 11.6. The van der Waals surface area contributed by atoms with Crippen LogP contribution in [0, 0.1) is 0 Å². The summed E-state index contributed by atoms with van der Waals surface area (Å²) in [6.45, 7) is 1.66. The maximum Gasteiger partial charge on any atom is 0.276 e. The summed E-state index contributed by atoms with van der Waals surface area (Å²) < 4.78 is 24.7. The summed E-state index contributed by atoms with van der Waals surface area (Å²) in [4.78, 5) is 14.6. The fourth-order valence-electron chi connectivity index (χ4n) is 2.49. The van der Waals surface area contributed by atoms with Gasteiger partial charge in [-0.15, -0.1) is 0 Å². The van der Waals surface area contributed by atoms with Crippen molar-refractivity contribution in [2.75, 3.05) is 5.32 Å². The first-order valence-corrected chi connectivity index (χ1v) is 11.0. The Morgan fingerprint density at radius 1 is 0.867 bits per heavy atom. The molecule has 0 radical (unpaired) electrons. The molecule has 0 heterocycles. The third-order valence-corrected chi connectivity index (χ3v) is 5.83. The molecule has 2 N–H and O–H groups in total. The zero-order valence-corrected chi connectivity index (χ0v) is 18.1. The van der Waals surface area contributed by atoms with Crippen LogP contribution in [-0.2, 0) is 10.0 Å². The molecule has 3 aromatic carbocycles. The third-order valence-electron chi connectivity index (χ3n) is 4.10. The molecular weight excluding hydrogens is 445 g/mol. The molecule has 3 aromatic rings. The van der Waals surface area contributed by atoms with Gasteiger partial charge in [-0.05, 0) is 73.2 Å². The normalized spacial score (nSPS) is 11.8. The number of hydrazone groups is 1. The number of rotatable bonds is 6. The van der Waals surface area contributed by atoms with Crippen molar-refractivity contribution >= 4 is 50.5 Å². The number of nitrogens with zero attached hydrogens (tertiary/aromatic N) is 1. The minimum Gasteiger partial charge on any atom is -0.322 e. The quantitative estimate of drug-likeness (QED) is 0.402. The monoisotopic (exact) mass is 461 g/mol. The molecule has 0 aliphatic rings. The van der Waals surface area contributed by atoms with E-state index in [2.05, 4.69) is 15.2 Å². The van der Waals surface area contributed by atoms with Gasteiger partial charge in [-0.3, -0.25) is 4.79 Å². The Kier molecular flexibility index (Phi) is 6.77. The number of carbonyl (C=O) groups excluding carboxylic acids is 1. The summed E-state index contributed by atoms with van der Waals surface area (Å²) in [6.07, 6.45) is 0. The molecule has 3 rings (SSSR count). The Hall–Kier alpha value is -2.87. The van der Waals surface area contributed by atoms with Crippen LogP contribution in [0.15, 0.2) is 82.8 Å². The number of anilines is 1. The molecule has 0 fully saturated rings. The first-order valence-electron chi connectivity index (χ1n) is 8.73. The molecule has 0 aliphatic heterocycles. The van der Waals surface area contributed by atoms with Crippen molar-refractivity contribution in [2.45, 2.75) is 11.8 Å². The van der Waals surface area contributed by atoms with Gasteiger partial charge in [0.15, 0.2) is 0 Å². The average Bonchev–Trinajstić information content (AvgIpc) is 2.73. The van der Waals surface area contributed by atoms with Gasteiger partial charge in [0.1, 0.15) is 0 Å². The van der Waals surface area contributed by atoms with E-state index in [-0.39, 0.29) is 10.8 Å². The fourth-order valence-corrected chi connectivity index (χ4v) is 3.59. The molecule has 154 valence electrons. The molecule has 0 bridgehead atoms. The standard InChI is InChI=1S/C21H17Cl2N3O3S/c1-14(25-26-30(28,29)20-11-9-18(23)10-12-20)16-3-2-4-19(13-16)24-21(27)15-5-7-17(22)8-6-15/h2-13,26H,1H3,(H,24,27)/b25-14-. The molecule has 0 unspecified atom stereocenters. The van der Waals surface area contributed by atoms with E-state index >= 15 is 0 Å². The van der Waals surface area contributed by atoms with Gasteiger partial charge < -0.3 is 5.32 Å². The molecule has 9 heteroatoms. The van der Waals surface area contributed by atoms with Gasteiger partial charge in [0, 0.05) is 21.3 Å². The second-order valence-corrected chi connectivity index (χ2v) is 8.82. The summed E-state index contributed by atoms with van der Waals surface area (Å²) in [6, 6.07) is 19.2. The van der Waals surface area contributed by atoms with Crippen molar-refractivity contribution < 1.29 is 13.2 Å². The lowest BCUT2D eigenvalue weighted by atomic mass is 10.1. The van der Waals surface area contributed by atoms with Crippen LogP contribution in [0.2, 0.25) is 10.0 Å². The summed E-state index contributed by atoms with van der Waals surface area (Å²) in [7, 11) is -3.83. The lowest BCUT2D eigenvalue weighted by Crippen LogP contribution is -2.20. The van der Waals surface area contributed by atoms with E-state index in [0.29, 0.717) is 32.6 Å². The molecule has 1 amide bonds. The van der Waals surface area contributed by atoms with Crippen LogP contribution in [0.4, 0.5) is 5.69 Å². The molecule has 0 aromatic heterocycles. The Morgan fingerprint density at radius 2 is 1.47 bits per heavy atom. The van der Waals surface area contributed by atoms with E-state index in [4.69, 9.17) is 23.2 Å². The molecule has 6 nitrogen and oxygen atoms in total. The van der Waals surface area contributed by atoms with E-state index in [1.807, 2.05) is 0 Å². The number of carbonyl (C=O) groups is 1. The number of hydrogen-bond acceptors (Lipinski definition) is 4. The number of amides is 1. The van der Waals surface area contributed by atoms with Crippen molar-refractivity contribution in [3.63, 3.8) is 0 Å². The highest BCUT2D eigenvalue weighted by atomic mass is 35.5. The van der Waals surface area contributed by atoms with Gasteiger partial charge in [0.25, 0.3) is 15.9 Å². The second-order valence-electron chi connectivity index (χ2n) is 6.29. The van der Waals surface area contributed by atoms with Gasteiger partial charge in [0.2, 0.25) is 0 Å². The minimum absolute atomic E-state index is 0.0485. The average molecular weight is 462 g/mol. The largest absolute Gasteiger partial charge is 0.322 e. The van der Waals surface area contributed by atoms with Crippen molar-refractivity contribution in [2.24, 2.45) is 5.10 Å². The van der Waals surface area contributed by atoms with E-state index < -0.39 is 10.0 Å². The maximum atomic E-state index is 12.4. The minimum atomic E-state index is -3.83. The summed E-state index contributed by atoms with van der Waals surface area (Å²) in [5, 5.41) is 7.74. The zero-order valence-electron chi connectivity index (χ0n) is 15.8. The zero-order chi connectivity index (χ0) is 21.7. The first-order chi connectivity index (χ1) is 14.2. The van der Waals surface area contributed by atoms with E-state index in [1.165, 1.54) is 24.3 Å². The van der Waals surface area contributed by atoms with Crippen LogP contribution in [0.3, 0.4) is 0 Å². The number of hydrogen-bond donors (Lipinski definition) is 2. The van der Waals surface area contributed by atoms with Crippen LogP contribution >= 0.6 is 23.2 Å². The number of benzene rings is 3. The summed E-state index contributed by atoms with van der Waals surface area (Å²) in [5.74, 6) is -0.290. The Morgan fingerprint density at radius 3 is 2.10 bits per heavy atom. The smallest absolute Gasteiger partial charge is 0.276 e. The second kappa shape index (κ2) is 9.30. The Labute approximate surface area is 184 Å². The van der Waals surface area contributed by atoms with Crippen molar-refractivity contribution in [3.05, 3.63) is 94.0 Å². The molecule has 0 spiro atoms. The lowest BCUT2D eigenvalue weighted by molar-refractivity contribution is 0.102. The molecule has 30 heavy (non-hydrogen) atoms. The third kappa shape index (κ3) is 5.60. The predicted molar refractivity (Wildman–Crippen MR) is 120 cm³/mol. The van der Waals surface area contributed by atoms with Crippen molar-refractivity contribution in [1.82, 2.24) is 4.83 Å². The van der Waals surface area contributed by atoms with E-state index in [0.717, 1.165) is 0 Å². The summed E-state index contributed by atoms with van der Waals surface area (Å²) in [5.41, 5.74) is 2.08. The van der Waals surface area contributed by atoms with Crippen molar-refractivity contribution in [1.29, 1.82) is 0 Å². The van der Waals surface area contributed by atoms with Gasteiger partial charge in [-0.25, -0.2) is 0 Å². The Balaban J connectivity index is 1.73. The number of halogens is 2. The number of nitrogens with one attached hydrogen (secondary N) is 2.